The van der Waals surface area contributed by atoms with Crippen molar-refractivity contribution in [3.8, 4) is 11.3 Å². The van der Waals surface area contributed by atoms with Crippen LogP contribution in [-0.4, -0.2) is 34.3 Å². The standard InChI is InChI=1S/C27H31N3O3/c1-17-12-18(2)14-21(13-17)26-23(24-16-20(27(31)32)7-8-25(24)29-26)9-11-28-10-5-4-6-22-15-19(3)30-33-22/h7-8,12-16,28-29H,4-6,9-11H2,1-3H3,(H,31,32). The maximum Gasteiger partial charge on any atom is 0.335 e. The molecular weight excluding hydrogens is 414 g/mol. The van der Waals surface area contributed by atoms with E-state index in [9.17, 15) is 9.90 Å². The Bertz CT molecular complexity index is 1250. The Balaban J connectivity index is 1.47. The first-order valence-corrected chi connectivity index (χ1v) is 11.5. The topological polar surface area (TPSA) is 91.2 Å². The lowest BCUT2D eigenvalue weighted by Crippen LogP contribution is -2.18. The first-order chi connectivity index (χ1) is 15.9. The highest BCUT2D eigenvalue weighted by Gasteiger charge is 2.15. The first-order valence-electron chi connectivity index (χ1n) is 11.5. The zero-order valence-corrected chi connectivity index (χ0v) is 19.5. The van der Waals surface area contributed by atoms with E-state index in [1.807, 2.05) is 19.1 Å². The molecule has 2 aromatic heterocycles. The Morgan fingerprint density at radius 3 is 2.48 bits per heavy atom. The summed E-state index contributed by atoms with van der Waals surface area (Å²) in [7, 11) is 0. The summed E-state index contributed by atoms with van der Waals surface area (Å²) in [6.07, 6.45) is 3.82. The average Bonchev–Trinajstić information content (AvgIpc) is 3.35. The van der Waals surface area contributed by atoms with Crippen LogP contribution in [-0.2, 0) is 12.8 Å². The molecule has 0 aliphatic heterocycles. The normalized spacial score (nSPS) is 11.4. The molecule has 0 saturated carbocycles. The Kier molecular flexibility index (Phi) is 6.94. The van der Waals surface area contributed by atoms with Gasteiger partial charge in [-0.2, -0.15) is 0 Å². The van der Waals surface area contributed by atoms with E-state index in [0.717, 1.165) is 78.0 Å². The molecule has 33 heavy (non-hydrogen) atoms. The maximum atomic E-state index is 11.6. The van der Waals surface area contributed by atoms with Crippen molar-refractivity contribution in [2.45, 2.75) is 46.5 Å². The summed E-state index contributed by atoms with van der Waals surface area (Å²) in [5.41, 5.74) is 7.98. The Morgan fingerprint density at radius 2 is 1.79 bits per heavy atom. The highest BCUT2D eigenvalue weighted by molar-refractivity contribution is 5.97. The third kappa shape index (κ3) is 5.52. The van der Waals surface area contributed by atoms with E-state index >= 15 is 0 Å². The molecule has 4 aromatic rings. The summed E-state index contributed by atoms with van der Waals surface area (Å²) in [5, 5.41) is 17.9. The molecule has 0 atom stereocenters. The van der Waals surface area contributed by atoms with Crippen LogP contribution in [0.1, 0.15) is 51.3 Å². The molecule has 2 aromatic carbocycles. The molecule has 0 aliphatic carbocycles. The highest BCUT2D eigenvalue weighted by Crippen LogP contribution is 2.32. The number of nitrogens with zero attached hydrogens (tertiary/aromatic N) is 1. The monoisotopic (exact) mass is 445 g/mol. The van der Waals surface area contributed by atoms with Crippen molar-refractivity contribution < 1.29 is 14.4 Å². The Morgan fingerprint density at radius 1 is 1.00 bits per heavy atom. The van der Waals surface area contributed by atoms with Gasteiger partial charge in [-0.1, -0.05) is 22.3 Å². The van der Waals surface area contributed by atoms with Crippen molar-refractivity contribution in [1.82, 2.24) is 15.5 Å². The molecule has 0 saturated heterocycles. The number of aryl methyl sites for hydroxylation is 4. The summed E-state index contributed by atoms with van der Waals surface area (Å²) in [6, 6.07) is 13.8. The molecule has 3 N–H and O–H groups in total. The van der Waals surface area contributed by atoms with Gasteiger partial charge in [0.05, 0.1) is 11.3 Å². The summed E-state index contributed by atoms with van der Waals surface area (Å²) in [4.78, 5) is 15.1. The number of aromatic amines is 1. The SMILES string of the molecule is Cc1cc(C)cc(-c2[nH]c3ccc(C(=O)O)cc3c2CCNCCCCc2cc(C)no2)c1. The van der Waals surface area contributed by atoms with Crippen LogP contribution < -0.4 is 5.32 Å². The lowest BCUT2D eigenvalue weighted by atomic mass is 9.99. The number of hydrogen-bond donors (Lipinski definition) is 3. The number of fused-ring (bicyclic) bond motifs is 1. The fourth-order valence-corrected chi connectivity index (χ4v) is 4.43. The van der Waals surface area contributed by atoms with E-state index in [0.29, 0.717) is 5.56 Å². The minimum atomic E-state index is -0.905. The van der Waals surface area contributed by atoms with Crippen LogP contribution >= 0.6 is 0 Å². The number of hydrogen-bond acceptors (Lipinski definition) is 4. The summed E-state index contributed by atoms with van der Waals surface area (Å²) < 4.78 is 5.26. The number of carboxylic acids is 1. The van der Waals surface area contributed by atoms with Gasteiger partial charge in [0.25, 0.3) is 0 Å². The number of rotatable bonds is 10. The Labute approximate surface area is 194 Å². The molecule has 0 amide bonds. The first kappa shape index (κ1) is 22.8. The minimum Gasteiger partial charge on any atom is -0.478 e. The largest absolute Gasteiger partial charge is 0.478 e. The zero-order valence-electron chi connectivity index (χ0n) is 19.5. The molecule has 6 heteroatoms. The molecule has 0 spiro atoms. The number of nitrogens with one attached hydrogen (secondary N) is 2. The quantitative estimate of drug-likeness (QED) is 0.276. The van der Waals surface area contributed by atoms with Crippen molar-refractivity contribution in [3.05, 3.63) is 76.2 Å². The van der Waals surface area contributed by atoms with Crippen LogP contribution in [0.5, 0.6) is 0 Å². The van der Waals surface area contributed by atoms with Crippen molar-refractivity contribution >= 4 is 16.9 Å². The predicted octanol–water partition coefficient (Wildman–Crippen LogP) is 5.60. The second kappa shape index (κ2) is 10.0. The van der Waals surface area contributed by atoms with Crippen LogP contribution in [0.2, 0.25) is 0 Å². The molecule has 4 rings (SSSR count). The van der Waals surface area contributed by atoms with Crippen LogP contribution in [0.25, 0.3) is 22.2 Å². The fourth-order valence-electron chi connectivity index (χ4n) is 4.43. The summed E-state index contributed by atoms with van der Waals surface area (Å²) in [5.74, 6) is 0.0377. The van der Waals surface area contributed by atoms with Crippen LogP contribution in [0, 0.1) is 20.8 Å². The molecule has 0 radical (unpaired) electrons. The number of aromatic carboxylic acids is 1. The van der Waals surface area contributed by atoms with Gasteiger partial charge in [-0.25, -0.2) is 4.79 Å². The predicted molar refractivity (Wildman–Crippen MR) is 131 cm³/mol. The van der Waals surface area contributed by atoms with E-state index in [1.54, 1.807) is 12.1 Å². The molecule has 0 aliphatic rings. The molecule has 0 unspecified atom stereocenters. The van der Waals surface area contributed by atoms with Crippen molar-refractivity contribution in [2.75, 3.05) is 13.1 Å². The van der Waals surface area contributed by atoms with Crippen molar-refractivity contribution in [1.29, 1.82) is 0 Å². The van der Waals surface area contributed by atoms with Crippen molar-refractivity contribution in [2.24, 2.45) is 0 Å². The third-order valence-corrected chi connectivity index (χ3v) is 5.92. The minimum absolute atomic E-state index is 0.310. The Hall–Kier alpha value is -3.38. The number of carboxylic acid groups (broad SMARTS) is 1. The van der Waals surface area contributed by atoms with Crippen molar-refractivity contribution in [3.63, 3.8) is 0 Å². The molecule has 2 heterocycles. The van der Waals surface area contributed by atoms with Gasteiger partial charge in [-0.05, 0) is 94.6 Å². The number of H-pyrrole nitrogens is 1. The van der Waals surface area contributed by atoms with Crippen LogP contribution in [0.4, 0.5) is 0 Å². The van der Waals surface area contributed by atoms with Gasteiger partial charge in [0, 0.05) is 29.1 Å². The zero-order chi connectivity index (χ0) is 23.4. The van der Waals surface area contributed by atoms with Gasteiger partial charge < -0.3 is 19.9 Å². The maximum absolute atomic E-state index is 11.6. The second-order valence-corrected chi connectivity index (χ2v) is 8.81. The van der Waals surface area contributed by atoms with Gasteiger partial charge in [-0.3, -0.25) is 0 Å². The molecule has 6 nitrogen and oxygen atoms in total. The van der Waals surface area contributed by atoms with Gasteiger partial charge in [0.2, 0.25) is 0 Å². The van der Waals surface area contributed by atoms with E-state index in [-0.39, 0.29) is 0 Å². The number of aromatic nitrogens is 2. The van der Waals surface area contributed by atoms with Gasteiger partial charge >= 0.3 is 5.97 Å². The fraction of sp³-hybridized carbons (Fsp3) is 0.333. The second-order valence-electron chi connectivity index (χ2n) is 8.81. The van der Waals surface area contributed by atoms with Crippen LogP contribution in [0.3, 0.4) is 0 Å². The smallest absolute Gasteiger partial charge is 0.335 e. The third-order valence-electron chi connectivity index (χ3n) is 5.92. The van der Waals surface area contributed by atoms with Crippen LogP contribution in [0.15, 0.2) is 47.0 Å². The summed E-state index contributed by atoms with van der Waals surface area (Å²) >= 11 is 0. The van der Waals surface area contributed by atoms with Gasteiger partial charge in [0.1, 0.15) is 5.76 Å². The summed E-state index contributed by atoms with van der Waals surface area (Å²) in [6.45, 7) is 7.88. The van der Waals surface area contributed by atoms with E-state index in [2.05, 4.69) is 47.5 Å². The van der Waals surface area contributed by atoms with Gasteiger partial charge in [-0.15, -0.1) is 0 Å². The molecular formula is C27H31N3O3. The molecule has 0 bridgehead atoms. The van der Waals surface area contributed by atoms with E-state index < -0.39 is 5.97 Å². The lowest BCUT2D eigenvalue weighted by molar-refractivity contribution is 0.0697. The molecule has 172 valence electrons. The number of benzene rings is 2. The van der Waals surface area contributed by atoms with E-state index in [4.69, 9.17) is 4.52 Å². The number of carbonyl (C=O) groups is 1. The lowest BCUT2D eigenvalue weighted by Gasteiger charge is -2.09. The van der Waals surface area contributed by atoms with Gasteiger partial charge in [0.15, 0.2) is 0 Å². The average molecular weight is 446 g/mol. The number of unbranched alkanes of at least 4 members (excludes halogenated alkanes) is 1. The molecule has 0 fully saturated rings. The highest BCUT2D eigenvalue weighted by atomic mass is 16.5. The van der Waals surface area contributed by atoms with E-state index in [1.165, 1.54) is 11.1 Å².